The summed E-state index contributed by atoms with van der Waals surface area (Å²) in [6.07, 6.45) is 2.32. The van der Waals surface area contributed by atoms with Gasteiger partial charge in [0.25, 0.3) is 5.91 Å². The van der Waals surface area contributed by atoms with E-state index in [-0.39, 0.29) is 36.6 Å². The Bertz CT molecular complexity index is 939. The highest BCUT2D eigenvalue weighted by Crippen LogP contribution is 2.17. The monoisotopic (exact) mass is 405 g/mol. The van der Waals surface area contributed by atoms with Crippen LogP contribution < -0.4 is 4.73 Å². The van der Waals surface area contributed by atoms with Gasteiger partial charge in [-0.15, -0.1) is 0 Å². The van der Waals surface area contributed by atoms with Gasteiger partial charge in [-0.05, 0) is 12.1 Å². The zero-order valence-electron chi connectivity index (χ0n) is 14.9. The first-order valence-electron chi connectivity index (χ1n) is 8.57. The van der Waals surface area contributed by atoms with Crippen molar-refractivity contribution in [2.75, 3.05) is 32.8 Å². The molecule has 1 saturated heterocycles. The van der Waals surface area contributed by atoms with Crippen LogP contribution in [0.15, 0.2) is 59.8 Å². The summed E-state index contributed by atoms with van der Waals surface area (Å²) in [7, 11) is -3.59. The zero-order chi connectivity index (χ0) is 20.1. The summed E-state index contributed by atoms with van der Waals surface area (Å²) >= 11 is 0. The van der Waals surface area contributed by atoms with Gasteiger partial charge in [0.15, 0.2) is 19.0 Å². The minimum Gasteiger partial charge on any atom is -0.619 e. The third-order valence-electron chi connectivity index (χ3n) is 4.34. The average Bonchev–Trinajstić information content (AvgIpc) is 2.73. The Labute approximate surface area is 162 Å². The van der Waals surface area contributed by atoms with Crippen molar-refractivity contribution in [3.63, 3.8) is 0 Å². The first-order valence-corrected chi connectivity index (χ1v) is 10.0. The second-order valence-corrected chi connectivity index (χ2v) is 8.06. The lowest BCUT2D eigenvalue weighted by molar-refractivity contribution is -0.605. The molecule has 0 spiro atoms. The first kappa shape index (κ1) is 19.8. The molecule has 2 heterocycles. The standard InChI is InChI=1S/C18H19N3O6S/c22-17(14-27-18(23)15-6-8-20(24)9-7-15)19-10-12-21(13-11-19)28(25,26)16-4-2-1-3-5-16/h1-9H,10-14H2. The molecule has 9 nitrogen and oxygen atoms in total. The molecule has 1 aromatic carbocycles. The van der Waals surface area contributed by atoms with Crippen molar-refractivity contribution in [2.24, 2.45) is 0 Å². The van der Waals surface area contributed by atoms with E-state index in [9.17, 15) is 23.2 Å². The molecule has 1 aliphatic heterocycles. The van der Waals surface area contributed by atoms with Crippen molar-refractivity contribution >= 4 is 21.9 Å². The molecule has 1 aromatic heterocycles. The van der Waals surface area contributed by atoms with E-state index in [2.05, 4.69) is 0 Å². The molecule has 0 bridgehead atoms. The van der Waals surface area contributed by atoms with E-state index in [0.717, 1.165) is 12.4 Å². The molecular weight excluding hydrogens is 386 g/mol. The summed E-state index contributed by atoms with van der Waals surface area (Å²) < 4.78 is 32.0. The van der Waals surface area contributed by atoms with E-state index in [1.165, 1.54) is 33.5 Å². The van der Waals surface area contributed by atoms with Crippen molar-refractivity contribution in [3.8, 4) is 0 Å². The summed E-state index contributed by atoms with van der Waals surface area (Å²) in [5, 5.41) is 11.0. The Kier molecular flexibility index (Phi) is 5.90. The number of carbonyl (C=O) groups excluding carboxylic acids is 2. The van der Waals surface area contributed by atoms with Crippen LogP contribution in [0.25, 0.3) is 0 Å². The van der Waals surface area contributed by atoms with Gasteiger partial charge in [0.05, 0.1) is 10.5 Å². The van der Waals surface area contributed by atoms with Crippen LogP contribution in [0.4, 0.5) is 0 Å². The van der Waals surface area contributed by atoms with Gasteiger partial charge in [0, 0.05) is 38.3 Å². The van der Waals surface area contributed by atoms with Gasteiger partial charge in [-0.1, -0.05) is 18.2 Å². The summed E-state index contributed by atoms with van der Waals surface area (Å²) in [4.78, 5) is 25.8. The third kappa shape index (κ3) is 4.46. The first-order chi connectivity index (χ1) is 13.4. The fourth-order valence-corrected chi connectivity index (χ4v) is 4.21. The minimum absolute atomic E-state index is 0.165. The number of benzene rings is 1. The summed E-state index contributed by atoms with van der Waals surface area (Å²) in [6.45, 7) is 0.308. The maximum Gasteiger partial charge on any atom is 0.339 e. The van der Waals surface area contributed by atoms with Crippen molar-refractivity contribution in [3.05, 3.63) is 65.6 Å². The van der Waals surface area contributed by atoms with Gasteiger partial charge < -0.3 is 14.8 Å². The number of rotatable bonds is 5. The average molecular weight is 405 g/mol. The highest BCUT2D eigenvalue weighted by atomic mass is 32.2. The molecule has 0 radical (unpaired) electrons. The molecule has 2 aromatic rings. The number of hydrogen-bond acceptors (Lipinski definition) is 6. The molecule has 0 aliphatic carbocycles. The normalized spacial score (nSPS) is 15.2. The predicted molar refractivity (Wildman–Crippen MR) is 97.5 cm³/mol. The van der Waals surface area contributed by atoms with Crippen LogP contribution in [0.1, 0.15) is 10.4 Å². The highest BCUT2D eigenvalue weighted by Gasteiger charge is 2.30. The molecule has 3 rings (SSSR count). The molecule has 0 N–H and O–H groups in total. The predicted octanol–water partition coefficient (Wildman–Crippen LogP) is 0.00990. The maximum absolute atomic E-state index is 12.6. The molecule has 10 heteroatoms. The number of pyridine rings is 1. The number of ether oxygens (including phenoxy) is 1. The van der Waals surface area contributed by atoms with Crippen LogP contribution in [0.5, 0.6) is 0 Å². The number of carbonyl (C=O) groups is 2. The molecule has 0 unspecified atom stereocenters. The number of sulfonamides is 1. The second kappa shape index (κ2) is 8.36. The van der Waals surface area contributed by atoms with Crippen molar-refractivity contribution in [1.29, 1.82) is 0 Å². The quantitative estimate of drug-likeness (QED) is 0.394. The van der Waals surface area contributed by atoms with Gasteiger partial charge in [-0.25, -0.2) is 13.2 Å². The van der Waals surface area contributed by atoms with Crippen LogP contribution in [0.2, 0.25) is 0 Å². The Morgan fingerprint density at radius 1 is 1.00 bits per heavy atom. The highest BCUT2D eigenvalue weighted by molar-refractivity contribution is 7.89. The SMILES string of the molecule is O=C(OCC(=O)N1CCN(S(=O)(=O)c2ccccc2)CC1)c1cc[n+]([O-])cc1. The van der Waals surface area contributed by atoms with E-state index < -0.39 is 28.5 Å². The van der Waals surface area contributed by atoms with Gasteiger partial charge in [-0.3, -0.25) is 4.79 Å². The van der Waals surface area contributed by atoms with Crippen molar-refractivity contribution < 1.29 is 27.5 Å². The largest absolute Gasteiger partial charge is 0.619 e. The number of nitrogens with zero attached hydrogens (tertiary/aromatic N) is 3. The fraction of sp³-hybridized carbons (Fsp3) is 0.278. The molecule has 148 valence electrons. The maximum atomic E-state index is 12.6. The van der Waals surface area contributed by atoms with Gasteiger partial charge in [-0.2, -0.15) is 9.04 Å². The van der Waals surface area contributed by atoms with E-state index in [0.29, 0.717) is 4.73 Å². The summed E-state index contributed by atoms with van der Waals surface area (Å²) in [6, 6.07) is 10.7. The topological polar surface area (TPSA) is 111 Å². The van der Waals surface area contributed by atoms with Crippen LogP contribution in [0.3, 0.4) is 0 Å². The summed E-state index contributed by atoms with van der Waals surface area (Å²) in [5.41, 5.74) is 0.165. The van der Waals surface area contributed by atoms with Gasteiger partial charge in [0.2, 0.25) is 10.0 Å². The van der Waals surface area contributed by atoms with Crippen molar-refractivity contribution in [1.82, 2.24) is 9.21 Å². The number of aromatic nitrogens is 1. The fourth-order valence-electron chi connectivity index (χ4n) is 2.77. The van der Waals surface area contributed by atoms with Crippen LogP contribution in [0, 0.1) is 5.21 Å². The molecule has 0 atom stereocenters. The lowest BCUT2D eigenvalue weighted by Gasteiger charge is -2.33. The van der Waals surface area contributed by atoms with E-state index in [1.54, 1.807) is 18.2 Å². The second-order valence-electron chi connectivity index (χ2n) is 6.12. The summed E-state index contributed by atoms with van der Waals surface area (Å²) in [5.74, 6) is -1.11. The third-order valence-corrected chi connectivity index (χ3v) is 6.25. The number of hydrogen-bond donors (Lipinski definition) is 0. The molecule has 1 amide bonds. The smallest absolute Gasteiger partial charge is 0.339 e. The van der Waals surface area contributed by atoms with E-state index in [1.807, 2.05) is 0 Å². The number of esters is 1. The molecular formula is C18H19N3O6S. The molecule has 0 saturated carbocycles. The minimum atomic E-state index is -3.59. The Morgan fingerprint density at radius 2 is 1.61 bits per heavy atom. The Morgan fingerprint density at radius 3 is 2.21 bits per heavy atom. The zero-order valence-corrected chi connectivity index (χ0v) is 15.7. The number of piperazine rings is 1. The van der Waals surface area contributed by atoms with Crippen LogP contribution >= 0.6 is 0 Å². The number of amides is 1. The molecule has 1 fully saturated rings. The lowest BCUT2D eigenvalue weighted by atomic mass is 10.3. The molecule has 28 heavy (non-hydrogen) atoms. The van der Waals surface area contributed by atoms with Crippen LogP contribution in [-0.4, -0.2) is 62.3 Å². The Hall–Kier alpha value is -2.98. The van der Waals surface area contributed by atoms with E-state index in [4.69, 9.17) is 4.74 Å². The van der Waals surface area contributed by atoms with E-state index >= 15 is 0 Å². The van der Waals surface area contributed by atoms with Crippen LogP contribution in [-0.2, 0) is 19.6 Å². The van der Waals surface area contributed by atoms with Gasteiger partial charge >= 0.3 is 5.97 Å². The Balaban J connectivity index is 1.51. The molecule has 1 aliphatic rings. The van der Waals surface area contributed by atoms with Gasteiger partial charge in [0.1, 0.15) is 0 Å². The van der Waals surface area contributed by atoms with Crippen molar-refractivity contribution in [2.45, 2.75) is 4.90 Å². The lowest BCUT2D eigenvalue weighted by Crippen LogP contribution is -2.51.